The van der Waals surface area contributed by atoms with Gasteiger partial charge in [0.15, 0.2) is 0 Å². The van der Waals surface area contributed by atoms with Crippen LogP contribution in [-0.2, 0) is 25.5 Å². The van der Waals surface area contributed by atoms with Gasteiger partial charge in [-0.1, -0.05) is 12.1 Å². The van der Waals surface area contributed by atoms with Crippen LogP contribution in [0.3, 0.4) is 0 Å². The third-order valence-electron chi connectivity index (χ3n) is 4.50. The van der Waals surface area contributed by atoms with Crippen molar-refractivity contribution in [1.29, 1.82) is 0 Å². The Kier molecular flexibility index (Phi) is 8.64. The molecule has 8 nitrogen and oxygen atoms in total. The first kappa shape index (κ1) is 26.4. The van der Waals surface area contributed by atoms with Gasteiger partial charge < -0.3 is 24.5 Å². The molecule has 0 saturated carbocycles. The number of fused-ring (bicyclic) bond motifs is 1. The van der Waals surface area contributed by atoms with Crippen LogP contribution in [0, 0.1) is 0 Å². The SMILES string of the molecule is CC(F)(F)CCC(=O)N[C@H]1Cc2cccc(C(=O)OCOC(=O)CCC(F)(F)F)c2OB1O. The fourth-order valence-electron chi connectivity index (χ4n) is 2.86. The minimum absolute atomic E-state index is 0.0122. The number of nitrogens with one attached hydrogen (secondary N) is 1. The second-order valence-corrected chi connectivity index (χ2v) is 7.43. The van der Waals surface area contributed by atoms with E-state index in [-0.39, 0.29) is 17.7 Å². The van der Waals surface area contributed by atoms with Crippen LogP contribution in [0.15, 0.2) is 18.2 Å². The third-order valence-corrected chi connectivity index (χ3v) is 4.50. The molecule has 1 aromatic carbocycles. The molecule has 182 valence electrons. The van der Waals surface area contributed by atoms with Crippen LogP contribution in [0.2, 0.25) is 0 Å². The summed E-state index contributed by atoms with van der Waals surface area (Å²) < 4.78 is 76.5. The topological polar surface area (TPSA) is 111 Å². The van der Waals surface area contributed by atoms with E-state index in [1.807, 2.05) is 0 Å². The van der Waals surface area contributed by atoms with Gasteiger partial charge in [-0.3, -0.25) is 9.59 Å². The second-order valence-electron chi connectivity index (χ2n) is 7.43. The Bertz CT molecular complexity index is 875. The number of esters is 2. The highest BCUT2D eigenvalue weighted by Gasteiger charge is 2.38. The third kappa shape index (κ3) is 8.87. The summed E-state index contributed by atoms with van der Waals surface area (Å²) in [5.74, 6) is -7.00. The van der Waals surface area contributed by atoms with Gasteiger partial charge in [-0.15, -0.1) is 0 Å². The molecule has 14 heteroatoms. The van der Waals surface area contributed by atoms with Crippen molar-refractivity contribution < 1.29 is 55.5 Å². The Morgan fingerprint density at radius 1 is 1.15 bits per heavy atom. The van der Waals surface area contributed by atoms with Crippen molar-refractivity contribution in [3.8, 4) is 5.75 Å². The zero-order valence-electron chi connectivity index (χ0n) is 17.4. The van der Waals surface area contributed by atoms with Gasteiger partial charge in [0.25, 0.3) is 0 Å². The summed E-state index contributed by atoms with van der Waals surface area (Å²) in [4.78, 5) is 35.4. The molecule has 0 spiro atoms. The number of halogens is 5. The van der Waals surface area contributed by atoms with Gasteiger partial charge >= 0.3 is 25.2 Å². The zero-order valence-corrected chi connectivity index (χ0v) is 17.4. The number of hydrogen-bond acceptors (Lipinski definition) is 7. The first-order valence-electron chi connectivity index (χ1n) is 9.78. The molecule has 0 aromatic heterocycles. The van der Waals surface area contributed by atoms with Crippen molar-refractivity contribution in [2.75, 3.05) is 6.79 Å². The maximum absolute atomic E-state index is 12.9. The lowest BCUT2D eigenvalue weighted by atomic mass is 9.72. The van der Waals surface area contributed by atoms with Crippen LogP contribution in [0.25, 0.3) is 0 Å². The van der Waals surface area contributed by atoms with Crippen molar-refractivity contribution in [3.63, 3.8) is 0 Å². The lowest BCUT2D eigenvalue weighted by Crippen LogP contribution is -2.53. The van der Waals surface area contributed by atoms with E-state index in [1.165, 1.54) is 18.2 Å². The summed E-state index contributed by atoms with van der Waals surface area (Å²) in [6.07, 6.45) is -7.96. The fraction of sp³-hybridized carbons (Fsp3) is 0.526. The Morgan fingerprint density at radius 2 is 1.85 bits per heavy atom. The molecule has 1 amide bonds. The van der Waals surface area contributed by atoms with E-state index in [1.54, 1.807) is 0 Å². The van der Waals surface area contributed by atoms with E-state index in [0.717, 1.165) is 0 Å². The molecule has 1 aromatic rings. The monoisotopic (exact) mass is 481 g/mol. The Morgan fingerprint density at radius 3 is 2.48 bits per heavy atom. The standard InChI is InChI=1S/C19H21BF5NO7/c1-18(21,22)7-5-14(27)26-13-9-11-3-2-4-12(16(11)33-20(13)30)17(29)32-10-31-15(28)6-8-19(23,24)25/h2-4,13,30H,5-10H2,1H3,(H,26,27)/t13-/m0/s1. The van der Waals surface area contributed by atoms with Gasteiger partial charge in [0, 0.05) is 12.8 Å². The van der Waals surface area contributed by atoms with Crippen LogP contribution in [0.4, 0.5) is 22.0 Å². The average molecular weight is 481 g/mol. The van der Waals surface area contributed by atoms with Crippen molar-refractivity contribution in [3.05, 3.63) is 29.3 Å². The average Bonchev–Trinajstić information content (AvgIpc) is 2.70. The lowest BCUT2D eigenvalue weighted by molar-refractivity contribution is -0.163. The highest BCUT2D eigenvalue weighted by molar-refractivity contribution is 6.47. The maximum Gasteiger partial charge on any atom is 0.547 e. The molecule has 0 saturated heterocycles. The lowest BCUT2D eigenvalue weighted by Gasteiger charge is -2.29. The summed E-state index contributed by atoms with van der Waals surface area (Å²) in [6.45, 7) is -0.248. The minimum atomic E-state index is -4.53. The van der Waals surface area contributed by atoms with E-state index < -0.39 is 75.5 Å². The van der Waals surface area contributed by atoms with Crippen LogP contribution in [0.1, 0.15) is 48.5 Å². The largest absolute Gasteiger partial charge is 0.547 e. The molecule has 2 N–H and O–H groups in total. The summed E-state index contributed by atoms with van der Waals surface area (Å²) in [7, 11) is -1.60. The number of carbonyl (C=O) groups is 3. The van der Waals surface area contributed by atoms with Crippen LogP contribution in [-0.4, -0.2) is 54.8 Å². The summed E-state index contributed by atoms with van der Waals surface area (Å²) in [5.41, 5.74) is 0.233. The molecule has 0 aliphatic carbocycles. The molecule has 0 bridgehead atoms. The van der Waals surface area contributed by atoms with Crippen molar-refractivity contribution in [1.82, 2.24) is 5.32 Å². The van der Waals surface area contributed by atoms with E-state index in [9.17, 15) is 41.4 Å². The number of alkyl halides is 5. The van der Waals surface area contributed by atoms with E-state index in [4.69, 9.17) is 9.39 Å². The van der Waals surface area contributed by atoms with Crippen molar-refractivity contribution >= 4 is 25.0 Å². The second kappa shape index (κ2) is 10.8. The molecule has 0 radical (unpaired) electrons. The number of rotatable bonds is 9. The van der Waals surface area contributed by atoms with Crippen LogP contribution in [0.5, 0.6) is 5.75 Å². The van der Waals surface area contributed by atoms with Crippen molar-refractivity contribution in [2.45, 2.75) is 57.1 Å². The number of ether oxygens (including phenoxy) is 2. The maximum atomic E-state index is 12.9. The number of hydrogen-bond donors (Lipinski definition) is 2. The number of amides is 1. The smallest absolute Gasteiger partial charge is 0.534 e. The zero-order chi connectivity index (χ0) is 24.8. The summed E-state index contributed by atoms with van der Waals surface area (Å²) >= 11 is 0. The quantitative estimate of drug-likeness (QED) is 0.242. The van der Waals surface area contributed by atoms with Crippen molar-refractivity contribution in [2.24, 2.45) is 0 Å². The molecule has 1 atom stereocenters. The van der Waals surface area contributed by atoms with Gasteiger partial charge in [-0.25, -0.2) is 13.6 Å². The van der Waals surface area contributed by atoms with Crippen LogP contribution < -0.4 is 9.97 Å². The molecular formula is C19H21BF5NO7. The number of carbonyl (C=O) groups excluding carboxylic acids is 3. The molecule has 1 heterocycles. The molecule has 33 heavy (non-hydrogen) atoms. The number of benzene rings is 1. The minimum Gasteiger partial charge on any atom is -0.534 e. The van der Waals surface area contributed by atoms with E-state index >= 15 is 0 Å². The van der Waals surface area contributed by atoms with Crippen LogP contribution >= 0.6 is 0 Å². The molecule has 0 fully saturated rings. The molecule has 1 aliphatic rings. The molecular weight excluding hydrogens is 460 g/mol. The first-order valence-corrected chi connectivity index (χ1v) is 9.78. The molecule has 2 rings (SSSR count). The first-order chi connectivity index (χ1) is 15.2. The van der Waals surface area contributed by atoms with Gasteiger partial charge in [-0.2, -0.15) is 13.2 Å². The predicted octanol–water partition coefficient (Wildman–Crippen LogP) is 2.56. The summed E-state index contributed by atoms with van der Waals surface area (Å²) in [5, 5.41) is 12.6. The van der Waals surface area contributed by atoms with E-state index in [0.29, 0.717) is 12.5 Å². The Balaban J connectivity index is 1.93. The van der Waals surface area contributed by atoms with Gasteiger partial charge in [0.05, 0.1) is 18.8 Å². The number of para-hydroxylation sites is 1. The molecule has 0 unspecified atom stereocenters. The molecule has 1 aliphatic heterocycles. The van der Waals surface area contributed by atoms with Gasteiger partial charge in [0.1, 0.15) is 11.3 Å². The van der Waals surface area contributed by atoms with Gasteiger partial charge in [0.2, 0.25) is 18.6 Å². The fourth-order valence-corrected chi connectivity index (χ4v) is 2.86. The van der Waals surface area contributed by atoms with Gasteiger partial charge in [-0.05, 0) is 25.0 Å². The summed E-state index contributed by atoms with van der Waals surface area (Å²) in [6, 6.07) is 4.26. The highest BCUT2D eigenvalue weighted by Crippen LogP contribution is 2.31. The Labute approximate surface area is 185 Å². The Hall–Kier alpha value is -2.90. The highest BCUT2D eigenvalue weighted by atomic mass is 19.4. The predicted molar refractivity (Wildman–Crippen MR) is 102 cm³/mol. The van der Waals surface area contributed by atoms with E-state index in [2.05, 4.69) is 10.1 Å². The normalized spacial score (nSPS) is 15.8.